The molecule has 1 atom stereocenters. The van der Waals surface area contributed by atoms with E-state index in [0.29, 0.717) is 36.1 Å². The van der Waals surface area contributed by atoms with Crippen LogP contribution < -0.4 is 9.47 Å². The third-order valence-corrected chi connectivity index (χ3v) is 8.31. The summed E-state index contributed by atoms with van der Waals surface area (Å²) in [6.07, 6.45) is 7.16. The lowest BCUT2D eigenvalue weighted by Crippen LogP contribution is -2.49. The Morgan fingerprint density at radius 1 is 0.889 bits per heavy atom. The van der Waals surface area contributed by atoms with Crippen LogP contribution in [-0.4, -0.2) is 79.1 Å². The van der Waals surface area contributed by atoms with E-state index in [4.69, 9.17) is 9.47 Å². The highest BCUT2D eigenvalue weighted by atomic mass is 16.7. The molecule has 4 aliphatic rings. The molecule has 0 N–H and O–H groups in total. The maximum atomic E-state index is 13.3. The smallest absolute Gasteiger partial charge is 0.253 e. The molecule has 7 nitrogen and oxygen atoms in total. The standard InChI is InChI=1S/C29H33N3O4/c33-27(23-8-9-25-26(19-23)36-21-35-25)31-13-10-29(11-14-31)20-24(29)28(34)32-17-15-30(16-18-32)12-4-7-22-5-2-1-3-6-22/h1-9,19,24H,10-18,20-21H2/b7-4+/t24-/m0/s1. The molecule has 3 aliphatic heterocycles. The van der Waals surface area contributed by atoms with Gasteiger partial charge in [0.2, 0.25) is 12.7 Å². The Kier molecular flexibility index (Phi) is 6.17. The van der Waals surface area contributed by atoms with Crippen LogP contribution in [0.1, 0.15) is 35.2 Å². The Hall–Kier alpha value is -3.32. The summed E-state index contributed by atoms with van der Waals surface area (Å²) in [6, 6.07) is 15.7. The Labute approximate surface area is 212 Å². The minimum Gasteiger partial charge on any atom is -0.454 e. The fourth-order valence-electron chi connectivity index (χ4n) is 5.89. The molecule has 0 bridgehead atoms. The largest absolute Gasteiger partial charge is 0.454 e. The third-order valence-electron chi connectivity index (χ3n) is 8.31. The topological polar surface area (TPSA) is 62.3 Å². The van der Waals surface area contributed by atoms with E-state index in [0.717, 1.165) is 52.0 Å². The van der Waals surface area contributed by atoms with Crippen LogP contribution in [0.2, 0.25) is 0 Å². The van der Waals surface area contributed by atoms with Crippen molar-refractivity contribution in [1.82, 2.24) is 14.7 Å². The second kappa shape index (κ2) is 9.62. The number of piperazine rings is 1. The summed E-state index contributed by atoms with van der Waals surface area (Å²) in [4.78, 5) is 32.7. The first kappa shape index (κ1) is 23.1. The van der Waals surface area contributed by atoms with E-state index in [9.17, 15) is 9.59 Å². The number of amides is 2. The lowest BCUT2D eigenvalue weighted by Gasteiger charge is -2.36. The van der Waals surface area contributed by atoms with Crippen LogP contribution in [0.4, 0.5) is 0 Å². The minimum atomic E-state index is 0.0316. The van der Waals surface area contributed by atoms with Gasteiger partial charge in [-0.05, 0) is 48.4 Å². The summed E-state index contributed by atoms with van der Waals surface area (Å²) in [6.45, 7) is 5.98. The predicted octanol–water partition coefficient (Wildman–Crippen LogP) is 3.52. The van der Waals surface area contributed by atoms with Crippen LogP contribution in [0.5, 0.6) is 11.5 Å². The average molecular weight is 488 g/mol. The van der Waals surface area contributed by atoms with E-state index in [1.54, 1.807) is 18.2 Å². The molecule has 0 aromatic heterocycles. The Morgan fingerprint density at radius 3 is 2.42 bits per heavy atom. The van der Waals surface area contributed by atoms with Gasteiger partial charge >= 0.3 is 0 Å². The highest BCUT2D eigenvalue weighted by Gasteiger charge is 2.59. The number of carbonyl (C=O) groups excluding carboxylic acids is 2. The number of piperidine rings is 1. The first-order valence-corrected chi connectivity index (χ1v) is 13.0. The lowest BCUT2D eigenvalue weighted by atomic mass is 9.90. The maximum absolute atomic E-state index is 13.3. The molecule has 36 heavy (non-hydrogen) atoms. The van der Waals surface area contributed by atoms with Crippen molar-refractivity contribution >= 4 is 17.9 Å². The van der Waals surface area contributed by atoms with Gasteiger partial charge in [0.15, 0.2) is 11.5 Å². The molecule has 3 heterocycles. The lowest BCUT2D eigenvalue weighted by molar-refractivity contribution is -0.135. The molecule has 2 aromatic rings. The van der Waals surface area contributed by atoms with Gasteiger partial charge in [-0.15, -0.1) is 0 Å². The van der Waals surface area contributed by atoms with Crippen molar-refractivity contribution < 1.29 is 19.1 Å². The summed E-state index contributed by atoms with van der Waals surface area (Å²) in [7, 11) is 0. The number of nitrogens with zero attached hydrogens (tertiary/aromatic N) is 3. The summed E-state index contributed by atoms with van der Waals surface area (Å²) in [5, 5.41) is 0. The van der Waals surface area contributed by atoms with Gasteiger partial charge in [-0.2, -0.15) is 0 Å². The van der Waals surface area contributed by atoms with E-state index < -0.39 is 0 Å². The van der Waals surface area contributed by atoms with E-state index >= 15 is 0 Å². The quantitative estimate of drug-likeness (QED) is 0.646. The van der Waals surface area contributed by atoms with Crippen molar-refractivity contribution in [2.45, 2.75) is 19.3 Å². The minimum absolute atomic E-state index is 0.0316. The van der Waals surface area contributed by atoms with Gasteiger partial charge in [0, 0.05) is 57.3 Å². The number of likely N-dealkylation sites (tertiary alicyclic amines) is 1. The van der Waals surface area contributed by atoms with E-state index in [2.05, 4.69) is 46.2 Å². The molecular formula is C29H33N3O4. The van der Waals surface area contributed by atoms with Gasteiger partial charge in [-0.1, -0.05) is 42.5 Å². The Bertz CT molecular complexity index is 1150. The summed E-state index contributed by atoms with van der Waals surface area (Å²) >= 11 is 0. The highest BCUT2D eigenvalue weighted by Crippen LogP contribution is 2.60. The van der Waals surface area contributed by atoms with E-state index in [-0.39, 0.29) is 24.0 Å². The zero-order valence-corrected chi connectivity index (χ0v) is 20.6. The van der Waals surface area contributed by atoms with Crippen LogP contribution in [0, 0.1) is 11.3 Å². The number of ether oxygens (including phenoxy) is 2. The van der Waals surface area contributed by atoms with Crippen molar-refractivity contribution in [3.05, 3.63) is 65.7 Å². The van der Waals surface area contributed by atoms with E-state index in [1.807, 2.05) is 11.0 Å². The molecule has 188 valence electrons. The second-order valence-electron chi connectivity index (χ2n) is 10.4. The maximum Gasteiger partial charge on any atom is 0.253 e. The molecule has 3 fully saturated rings. The summed E-state index contributed by atoms with van der Waals surface area (Å²) in [5.41, 5.74) is 1.95. The molecule has 2 amide bonds. The Morgan fingerprint density at radius 2 is 1.64 bits per heavy atom. The van der Waals surface area contributed by atoms with Crippen molar-refractivity contribution in [1.29, 1.82) is 0 Å². The van der Waals surface area contributed by atoms with Gasteiger partial charge in [-0.3, -0.25) is 14.5 Å². The number of fused-ring (bicyclic) bond motifs is 1. The molecule has 0 radical (unpaired) electrons. The number of rotatable bonds is 5. The number of carbonyl (C=O) groups is 2. The molecule has 0 unspecified atom stereocenters. The SMILES string of the molecule is O=C(c1ccc2c(c1)OCO2)N1CCC2(CC1)C[C@H]2C(=O)N1CCN(C/C=C/c2ccccc2)CC1. The normalized spacial score (nSPS) is 22.8. The molecule has 1 saturated carbocycles. The first-order valence-electron chi connectivity index (χ1n) is 13.0. The van der Waals surface area contributed by atoms with Gasteiger partial charge in [0.05, 0.1) is 0 Å². The molecule has 1 spiro atoms. The fraction of sp³-hybridized carbons (Fsp3) is 0.448. The number of benzene rings is 2. The van der Waals surface area contributed by atoms with Gasteiger partial charge in [0.1, 0.15) is 0 Å². The molecule has 2 saturated heterocycles. The third kappa shape index (κ3) is 4.60. The van der Waals surface area contributed by atoms with Crippen LogP contribution in [-0.2, 0) is 4.79 Å². The summed E-state index contributed by atoms with van der Waals surface area (Å²) in [5.74, 6) is 1.81. The molecule has 1 aliphatic carbocycles. The molecule has 6 rings (SSSR count). The van der Waals surface area contributed by atoms with Crippen molar-refractivity contribution in [2.75, 3.05) is 52.6 Å². The average Bonchev–Trinajstić information content (AvgIpc) is 3.40. The monoisotopic (exact) mass is 487 g/mol. The van der Waals surface area contributed by atoms with Crippen molar-refractivity contribution in [2.24, 2.45) is 11.3 Å². The van der Waals surface area contributed by atoms with Crippen molar-refractivity contribution in [3.8, 4) is 11.5 Å². The summed E-state index contributed by atoms with van der Waals surface area (Å²) < 4.78 is 10.8. The van der Waals surface area contributed by atoms with Crippen LogP contribution in [0.25, 0.3) is 6.08 Å². The highest BCUT2D eigenvalue weighted by molar-refractivity contribution is 5.95. The van der Waals surface area contributed by atoms with Crippen molar-refractivity contribution in [3.63, 3.8) is 0 Å². The van der Waals surface area contributed by atoms with Gasteiger partial charge in [0.25, 0.3) is 5.91 Å². The molecular weight excluding hydrogens is 454 g/mol. The zero-order valence-electron chi connectivity index (χ0n) is 20.6. The van der Waals surface area contributed by atoms with Gasteiger partial charge in [-0.25, -0.2) is 0 Å². The van der Waals surface area contributed by atoms with Crippen LogP contribution >= 0.6 is 0 Å². The molecule has 2 aromatic carbocycles. The molecule has 7 heteroatoms. The number of hydrogen-bond donors (Lipinski definition) is 0. The van der Waals surface area contributed by atoms with Crippen LogP contribution in [0.3, 0.4) is 0 Å². The number of hydrogen-bond acceptors (Lipinski definition) is 5. The second-order valence-corrected chi connectivity index (χ2v) is 10.4. The van der Waals surface area contributed by atoms with E-state index in [1.165, 1.54) is 5.56 Å². The predicted molar refractivity (Wildman–Crippen MR) is 137 cm³/mol. The van der Waals surface area contributed by atoms with Gasteiger partial charge < -0.3 is 19.3 Å². The Balaban J connectivity index is 0.962. The fourth-order valence-corrected chi connectivity index (χ4v) is 5.89. The van der Waals surface area contributed by atoms with Crippen LogP contribution in [0.15, 0.2) is 54.6 Å². The first-order chi connectivity index (χ1) is 17.6. The zero-order chi connectivity index (χ0) is 24.5.